The van der Waals surface area contributed by atoms with E-state index >= 15 is 0 Å². The van der Waals surface area contributed by atoms with Crippen molar-refractivity contribution in [3.8, 4) is 0 Å². The number of carbonyl (C=O) groups is 1. The minimum Gasteiger partial charge on any atom is -0.353 e. The van der Waals surface area contributed by atoms with E-state index in [1.54, 1.807) is 6.92 Å². The summed E-state index contributed by atoms with van der Waals surface area (Å²) in [6.45, 7) is 4.31. The standard InChI is InChI=1S/C14H23N3O/c1-10-5-7-12(8-6-10)13(17(3)4)9-16-14(18)11(2)15/h5-8,11,13H,9,15H2,1-4H3,(H,16,18). The Hall–Kier alpha value is -1.39. The summed E-state index contributed by atoms with van der Waals surface area (Å²) in [5.41, 5.74) is 7.95. The minimum atomic E-state index is -0.467. The first-order chi connectivity index (χ1) is 8.41. The summed E-state index contributed by atoms with van der Waals surface area (Å²) in [7, 11) is 4.01. The summed E-state index contributed by atoms with van der Waals surface area (Å²) in [6.07, 6.45) is 0. The van der Waals surface area contributed by atoms with Crippen molar-refractivity contribution in [2.75, 3.05) is 20.6 Å². The Kier molecular flexibility index (Phi) is 5.31. The van der Waals surface area contributed by atoms with Crippen molar-refractivity contribution in [1.29, 1.82) is 0 Å². The molecule has 0 bridgehead atoms. The van der Waals surface area contributed by atoms with Crippen molar-refractivity contribution in [3.05, 3.63) is 35.4 Å². The van der Waals surface area contributed by atoms with Crippen LogP contribution in [0, 0.1) is 6.92 Å². The van der Waals surface area contributed by atoms with Gasteiger partial charge in [0.2, 0.25) is 5.91 Å². The van der Waals surface area contributed by atoms with Gasteiger partial charge in [0, 0.05) is 6.54 Å². The highest BCUT2D eigenvalue weighted by Gasteiger charge is 2.16. The Morgan fingerprint density at radius 2 is 1.89 bits per heavy atom. The minimum absolute atomic E-state index is 0.117. The van der Waals surface area contributed by atoms with Gasteiger partial charge in [-0.25, -0.2) is 0 Å². The summed E-state index contributed by atoms with van der Waals surface area (Å²) < 4.78 is 0. The lowest BCUT2D eigenvalue weighted by Crippen LogP contribution is -2.42. The monoisotopic (exact) mass is 249 g/mol. The fourth-order valence-electron chi connectivity index (χ4n) is 1.75. The molecule has 0 aliphatic carbocycles. The maximum Gasteiger partial charge on any atom is 0.236 e. The molecule has 0 saturated carbocycles. The zero-order valence-electron chi connectivity index (χ0n) is 11.6. The molecule has 4 nitrogen and oxygen atoms in total. The van der Waals surface area contributed by atoms with Crippen LogP contribution in [0.25, 0.3) is 0 Å². The van der Waals surface area contributed by atoms with Crippen LogP contribution in [0.2, 0.25) is 0 Å². The lowest BCUT2D eigenvalue weighted by Gasteiger charge is -2.25. The zero-order valence-corrected chi connectivity index (χ0v) is 11.6. The van der Waals surface area contributed by atoms with Crippen molar-refractivity contribution in [3.63, 3.8) is 0 Å². The van der Waals surface area contributed by atoms with Gasteiger partial charge in [0.15, 0.2) is 0 Å². The second kappa shape index (κ2) is 6.52. The molecule has 1 rings (SSSR count). The van der Waals surface area contributed by atoms with Gasteiger partial charge in [0.05, 0.1) is 12.1 Å². The van der Waals surface area contributed by atoms with Crippen LogP contribution in [0.3, 0.4) is 0 Å². The Bertz CT molecular complexity index is 385. The second-order valence-corrected chi connectivity index (χ2v) is 4.92. The largest absolute Gasteiger partial charge is 0.353 e. The summed E-state index contributed by atoms with van der Waals surface area (Å²) in [4.78, 5) is 13.6. The van der Waals surface area contributed by atoms with Gasteiger partial charge in [-0.3, -0.25) is 4.79 Å². The third-order valence-corrected chi connectivity index (χ3v) is 2.97. The van der Waals surface area contributed by atoms with Gasteiger partial charge < -0.3 is 16.0 Å². The highest BCUT2D eigenvalue weighted by Crippen LogP contribution is 2.17. The molecule has 2 unspecified atom stereocenters. The number of likely N-dealkylation sites (N-methyl/N-ethyl adjacent to an activating group) is 1. The average Bonchev–Trinajstić information content (AvgIpc) is 2.30. The molecule has 0 aliphatic heterocycles. The van der Waals surface area contributed by atoms with Crippen LogP contribution in [-0.4, -0.2) is 37.5 Å². The molecular formula is C14H23N3O. The zero-order chi connectivity index (χ0) is 13.7. The molecule has 1 amide bonds. The fraction of sp³-hybridized carbons (Fsp3) is 0.500. The number of hydrogen-bond donors (Lipinski definition) is 2. The molecule has 1 aromatic carbocycles. The van der Waals surface area contributed by atoms with Crippen molar-refractivity contribution >= 4 is 5.91 Å². The number of carbonyl (C=O) groups excluding carboxylic acids is 1. The van der Waals surface area contributed by atoms with Gasteiger partial charge in [0.1, 0.15) is 0 Å². The molecule has 0 aromatic heterocycles. The molecule has 0 saturated heterocycles. The molecule has 3 N–H and O–H groups in total. The van der Waals surface area contributed by atoms with Gasteiger partial charge in [-0.1, -0.05) is 29.8 Å². The molecule has 0 radical (unpaired) electrons. The highest BCUT2D eigenvalue weighted by atomic mass is 16.2. The molecule has 4 heteroatoms. The molecule has 0 fully saturated rings. The number of rotatable bonds is 5. The molecule has 100 valence electrons. The van der Waals surface area contributed by atoms with E-state index in [4.69, 9.17) is 5.73 Å². The van der Waals surface area contributed by atoms with Gasteiger partial charge in [-0.05, 0) is 33.5 Å². The van der Waals surface area contributed by atoms with Crippen LogP contribution in [0.1, 0.15) is 24.1 Å². The van der Waals surface area contributed by atoms with Crippen molar-refractivity contribution in [2.24, 2.45) is 5.73 Å². The van der Waals surface area contributed by atoms with E-state index in [1.807, 2.05) is 14.1 Å². The molecule has 18 heavy (non-hydrogen) atoms. The summed E-state index contributed by atoms with van der Waals surface area (Å²) in [6, 6.07) is 8.05. The third-order valence-electron chi connectivity index (χ3n) is 2.97. The molecule has 0 spiro atoms. The number of hydrogen-bond acceptors (Lipinski definition) is 3. The van der Waals surface area contributed by atoms with Crippen LogP contribution in [-0.2, 0) is 4.79 Å². The predicted molar refractivity (Wildman–Crippen MR) is 74.3 cm³/mol. The van der Waals surface area contributed by atoms with E-state index in [0.29, 0.717) is 6.54 Å². The number of benzene rings is 1. The van der Waals surface area contributed by atoms with Crippen molar-refractivity contribution in [2.45, 2.75) is 25.9 Å². The number of nitrogens with two attached hydrogens (primary N) is 1. The second-order valence-electron chi connectivity index (χ2n) is 4.92. The fourth-order valence-corrected chi connectivity index (χ4v) is 1.75. The molecule has 0 aliphatic rings. The highest BCUT2D eigenvalue weighted by molar-refractivity contribution is 5.80. The maximum absolute atomic E-state index is 11.5. The van der Waals surface area contributed by atoms with E-state index in [1.165, 1.54) is 11.1 Å². The topological polar surface area (TPSA) is 58.4 Å². The lowest BCUT2D eigenvalue weighted by molar-refractivity contribution is -0.122. The normalized spacial score (nSPS) is 14.3. The van der Waals surface area contributed by atoms with E-state index in [-0.39, 0.29) is 11.9 Å². The lowest BCUT2D eigenvalue weighted by atomic mass is 10.0. The molecule has 2 atom stereocenters. The number of nitrogens with one attached hydrogen (secondary N) is 1. The molecule has 1 aromatic rings. The van der Waals surface area contributed by atoms with Gasteiger partial charge >= 0.3 is 0 Å². The smallest absolute Gasteiger partial charge is 0.236 e. The Balaban J connectivity index is 2.72. The Morgan fingerprint density at radius 3 is 2.33 bits per heavy atom. The van der Waals surface area contributed by atoms with E-state index in [9.17, 15) is 4.79 Å². The van der Waals surface area contributed by atoms with Crippen LogP contribution >= 0.6 is 0 Å². The Labute approximate surface area is 109 Å². The number of aryl methyl sites for hydroxylation is 1. The molecular weight excluding hydrogens is 226 g/mol. The van der Waals surface area contributed by atoms with Crippen LogP contribution in [0.4, 0.5) is 0 Å². The van der Waals surface area contributed by atoms with Gasteiger partial charge in [-0.2, -0.15) is 0 Å². The maximum atomic E-state index is 11.5. The van der Waals surface area contributed by atoms with Crippen LogP contribution in [0.5, 0.6) is 0 Å². The van der Waals surface area contributed by atoms with E-state index < -0.39 is 6.04 Å². The van der Waals surface area contributed by atoms with Crippen LogP contribution in [0.15, 0.2) is 24.3 Å². The summed E-state index contributed by atoms with van der Waals surface area (Å²) >= 11 is 0. The summed E-state index contributed by atoms with van der Waals surface area (Å²) in [5, 5.41) is 2.87. The van der Waals surface area contributed by atoms with Gasteiger partial charge in [-0.15, -0.1) is 0 Å². The van der Waals surface area contributed by atoms with E-state index in [0.717, 1.165) is 0 Å². The first kappa shape index (κ1) is 14.7. The SMILES string of the molecule is Cc1ccc(C(CNC(=O)C(C)N)N(C)C)cc1. The molecule has 0 heterocycles. The van der Waals surface area contributed by atoms with Crippen molar-refractivity contribution in [1.82, 2.24) is 10.2 Å². The average molecular weight is 249 g/mol. The Morgan fingerprint density at radius 1 is 1.33 bits per heavy atom. The number of nitrogens with zero attached hydrogens (tertiary/aromatic N) is 1. The number of amides is 1. The summed E-state index contributed by atoms with van der Waals surface area (Å²) in [5.74, 6) is -0.117. The van der Waals surface area contributed by atoms with Gasteiger partial charge in [0.25, 0.3) is 0 Å². The quantitative estimate of drug-likeness (QED) is 0.820. The first-order valence-electron chi connectivity index (χ1n) is 6.18. The van der Waals surface area contributed by atoms with E-state index in [2.05, 4.69) is 41.4 Å². The third kappa shape index (κ3) is 4.13. The first-order valence-corrected chi connectivity index (χ1v) is 6.18. The van der Waals surface area contributed by atoms with Crippen molar-refractivity contribution < 1.29 is 4.79 Å². The van der Waals surface area contributed by atoms with Crippen LogP contribution < -0.4 is 11.1 Å². The predicted octanol–water partition coefficient (Wildman–Crippen LogP) is 1.06.